The number of carbonyl (C=O) groups excluding carboxylic acids is 1. The first-order chi connectivity index (χ1) is 7.66. The Morgan fingerprint density at radius 3 is 2.94 bits per heavy atom. The molecular formula is C11H16BrN3O. The molecule has 1 fully saturated rings. The maximum absolute atomic E-state index is 11.9. The molecule has 5 heteroatoms. The van der Waals surface area contributed by atoms with Crippen LogP contribution in [0.1, 0.15) is 36.2 Å². The van der Waals surface area contributed by atoms with Gasteiger partial charge in [-0.05, 0) is 12.8 Å². The first kappa shape index (κ1) is 11.6. The smallest absolute Gasteiger partial charge is 0.271 e. The van der Waals surface area contributed by atoms with E-state index in [9.17, 15) is 4.79 Å². The predicted molar refractivity (Wildman–Crippen MR) is 65.6 cm³/mol. The van der Waals surface area contributed by atoms with Crippen LogP contribution >= 0.6 is 15.9 Å². The fourth-order valence-corrected chi connectivity index (χ4v) is 2.74. The van der Waals surface area contributed by atoms with Gasteiger partial charge in [0.2, 0.25) is 0 Å². The molecule has 2 unspecified atom stereocenters. The summed E-state index contributed by atoms with van der Waals surface area (Å²) in [5, 5.41) is 3.04. The first-order valence-corrected chi connectivity index (χ1v) is 6.51. The normalized spacial score (nSPS) is 25.4. The lowest BCUT2D eigenvalue weighted by Crippen LogP contribution is -2.42. The van der Waals surface area contributed by atoms with E-state index in [2.05, 4.69) is 26.2 Å². The number of hydrogen-bond acceptors (Lipinski definition) is 2. The molecule has 0 aliphatic heterocycles. The van der Waals surface area contributed by atoms with Gasteiger partial charge in [-0.2, -0.15) is 0 Å². The average Bonchev–Trinajstić information content (AvgIpc) is 2.68. The highest BCUT2D eigenvalue weighted by Gasteiger charge is 2.25. The largest absolute Gasteiger partial charge is 0.347 e. The second-order valence-electron chi connectivity index (χ2n) is 4.30. The zero-order chi connectivity index (χ0) is 11.5. The van der Waals surface area contributed by atoms with E-state index in [0.717, 1.165) is 12.8 Å². The second-order valence-corrected chi connectivity index (χ2v) is 5.48. The fourth-order valence-electron chi connectivity index (χ4n) is 2.02. The summed E-state index contributed by atoms with van der Waals surface area (Å²) in [6, 6.07) is 0.239. The number of carbonyl (C=O) groups is 1. The van der Waals surface area contributed by atoms with Crippen LogP contribution in [0, 0.1) is 0 Å². The van der Waals surface area contributed by atoms with Gasteiger partial charge in [0.1, 0.15) is 5.69 Å². The molecular weight excluding hydrogens is 270 g/mol. The van der Waals surface area contributed by atoms with Crippen LogP contribution in [0.4, 0.5) is 0 Å². The van der Waals surface area contributed by atoms with Gasteiger partial charge in [-0.25, -0.2) is 4.98 Å². The molecule has 88 valence electrons. The van der Waals surface area contributed by atoms with Crippen molar-refractivity contribution in [1.29, 1.82) is 0 Å². The van der Waals surface area contributed by atoms with Crippen molar-refractivity contribution in [3.05, 3.63) is 18.2 Å². The molecule has 0 bridgehead atoms. The van der Waals surface area contributed by atoms with E-state index in [4.69, 9.17) is 0 Å². The molecule has 0 spiro atoms. The molecule has 0 aromatic carbocycles. The second kappa shape index (κ2) is 4.99. The summed E-state index contributed by atoms with van der Waals surface area (Å²) in [6.45, 7) is 0. The van der Waals surface area contributed by atoms with Gasteiger partial charge in [-0.1, -0.05) is 28.8 Å². The van der Waals surface area contributed by atoms with Crippen molar-refractivity contribution in [1.82, 2.24) is 14.9 Å². The van der Waals surface area contributed by atoms with Gasteiger partial charge in [-0.3, -0.25) is 4.79 Å². The van der Waals surface area contributed by atoms with Gasteiger partial charge in [-0.15, -0.1) is 0 Å². The van der Waals surface area contributed by atoms with E-state index in [1.165, 1.54) is 12.8 Å². The molecule has 1 aromatic heterocycles. The van der Waals surface area contributed by atoms with Crippen LogP contribution in [0.2, 0.25) is 0 Å². The lowest BCUT2D eigenvalue weighted by Gasteiger charge is -2.27. The summed E-state index contributed by atoms with van der Waals surface area (Å²) in [5.74, 6) is -0.0723. The van der Waals surface area contributed by atoms with Crippen molar-refractivity contribution in [2.24, 2.45) is 7.05 Å². The molecule has 1 saturated carbocycles. The first-order valence-electron chi connectivity index (χ1n) is 5.59. The third-order valence-corrected chi connectivity index (χ3v) is 4.03. The summed E-state index contributed by atoms with van der Waals surface area (Å²) < 4.78 is 1.78. The summed E-state index contributed by atoms with van der Waals surface area (Å²) in [6.07, 6.45) is 7.99. The van der Waals surface area contributed by atoms with E-state index < -0.39 is 0 Å². The molecule has 0 saturated heterocycles. The number of aryl methyl sites for hydroxylation is 1. The summed E-state index contributed by atoms with van der Waals surface area (Å²) in [5.41, 5.74) is 0.493. The molecule has 2 rings (SSSR count). The Balaban J connectivity index is 1.96. The van der Waals surface area contributed by atoms with Gasteiger partial charge < -0.3 is 9.88 Å². The van der Waals surface area contributed by atoms with Crippen LogP contribution in [0.25, 0.3) is 0 Å². The van der Waals surface area contributed by atoms with Crippen molar-refractivity contribution < 1.29 is 4.79 Å². The van der Waals surface area contributed by atoms with E-state index in [-0.39, 0.29) is 11.9 Å². The minimum absolute atomic E-state index is 0.0723. The van der Waals surface area contributed by atoms with Crippen LogP contribution in [0.15, 0.2) is 12.5 Å². The lowest BCUT2D eigenvalue weighted by atomic mass is 9.95. The van der Waals surface area contributed by atoms with Crippen LogP contribution in [-0.4, -0.2) is 26.3 Å². The van der Waals surface area contributed by atoms with Gasteiger partial charge in [0.15, 0.2) is 0 Å². The maximum Gasteiger partial charge on any atom is 0.271 e. The highest BCUT2D eigenvalue weighted by molar-refractivity contribution is 9.09. The summed E-state index contributed by atoms with van der Waals surface area (Å²) >= 11 is 3.62. The molecule has 2 atom stereocenters. The molecule has 4 nitrogen and oxygen atoms in total. The quantitative estimate of drug-likeness (QED) is 0.843. The number of halogens is 1. The molecule has 1 amide bonds. The fraction of sp³-hybridized carbons (Fsp3) is 0.636. The Kier molecular flexibility index (Phi) is 3.63. The Hall–Kier alpha value is -0.840. The van der Waals surface area contributed by atoms with Gasteiger partial charge in [0, 0.05) is 24.1 Å². The van der Waals surface area contributed by atoms with Crippen LogP contribution in [-0.2, 0) is 7.05 Å². The standard InChI is InChI=1S/C11H16BrN3O/c1-15-6-10(13-7-15)11(16)14-9-5-3-2-4-8(9)12/h6-9H,2-5H2,1H3,(H,14,16). The maximum atomic E-state index is 11.9. The minimum atomic E-state index is -0.0723. The Bertz CT molecular complexity index is 377. The van der Waals surface area contributed by atoms with E-state index >= 15 is 0 Å². The SMILES string of the molecule is Cn1cnc(C(=O)NC2CCCCC2Br)c1. The lowest BCUT2D eigenvalue weighted by molar-refractivity contribution is 0.0925. The van der Waals surface area contributed by atoms with Gasteiger partial charge >= 0.3 is 0 Å². The van der Waals surface area contributed by atoms with E-state index in [1.807, 2.05) is 7.05 Å². The number of aromatic nitrogens is 2. The molecule has 16 heavy (non-hydrogen) atoms. The van der Waals surface area contributed by atoms with Crippen molar-refractivity contribution in [3.8, 4) is 0 Å². The van der Waals surface area contributed by atoms with Crippen molar-refractivity contribution in [2.75, 3.05) is 0 Å². The number of alkyl halides is 1. The average molecular weight is 286 g/mol. The molecule has 0 radical (unpaired) electrons. The van der Waals surface area contributed by atoms with Gasteiger partial charge in [0.25, 0.3) is 5.91 Å². The minimum Gasteiger partial charge on any atom is -0.347 e. The third-order valence-electron chi connectivity index (χ3n) is 2.94. The molecule has 1 aromatic rings. The van der Waals surface area contributed by atoms with Crippen molar-refractivity contribution in [3.63, 3.8) is 0 Å². The molecule has 1 heterocycles. The van der Waals surface area contributed by atoms with Crippen molar-refractivity contribution >= 4 is 21.8 Å². The Labute approximate surface area is 104 Å². The monoisotopic (exact) mass is 285 g/mol. The Morgan fingerprint density at radius 2 is 2.31 bits per heavy atom. The Morgan fingerprint density at radius 1 is 1.56 bits per heavy atom. The highest BCUT2D eigenvalue weighted by Crippen LogP contribution is 2.24. The van der Waals surface area contributed by atoms with E-state index in [1.54, 1.807) is 17.1 Å². The molecule has 1 aliphatic carbocycles. The number of nitrogens with one attached hydrogen (secondary N) is 1. The number of nitrogens with zero attached hydrogens (tertiary/aromatic N) is 2. The number of rotatable bonds is 2. The van der Waals surface area contributed by atoms with Crippen LogP contribution in [0.3, 0.4) is 0 Å². The van der Waals surface area contributed by atoms with Gasteiger partial charge in [0.05, 0.1) is 6.33 Å². The molecule has 1 aliphatic rings. The van der Waals surface area contributed by atoms with E-state index in [0.29, 0.717) is 10.5 Å². The molecule has 1 N–H and O–H groups in total. The summed E-state index contributed by atoms with van der Waals surface area (Å²) in [7, 11) is 1.86. The predicted octanol–water partition coefficient (Wildman–Crippen LogP) is 1.86. The topological polar surface area (TPSA) is 46.9 Å². The summed E-state index contributed by atoms with van der Waals surface area (Å²) in [4.78, 5) is 16.3. The number of amides is 1. The highest BCUT2D eigenvalue weighted by atomic mass is 79.9. The van der Waals surface area contributed by atoms with Crippen molar-refractivity contribution in [2.45, 2.75) is 36.6 Å². The van der Waals surface area contributed by atoms with Crippen LogP contribution < -0.4 is 5.32 Å². The number of imidazole rings is 1. The zero-order valence-corrected chi connectivity index (χ0v) is 10.9. The van der Waals surface area contributed by atoms with Crippen LogP contribution in [0.5, 0.6) is 0 Å². The third kappa shape index (κ3) is 2.64. The number of hydrogen-bond donors (Lipinski definition) is 1. The zero-order valence-electron chi connectivity index (χ0n) is 9.32.